The zero-order valence-corrected chi connectivity index (χ0v) is 13.2. The molecular weight excluding hydrogens is 258 g/mol. The van der Waals surface area contributed by atoms with E-state index in [-0.39, 0.29) is 5.41 Å². The first-order valence-corrected chi connectivity index (χ1v) is 8.31. The molecule has 0 unspecified atom stereocenters. The van der Waals surface area contributed by atoms with Crippen molar-refractivity contribution in [2.75, 3.05) is 6.54 Å². The van der Waals surface area contributed by atoms with Crippen LogP contribution in [0.25, 0.3) is 0 Å². The smallest absolute Gasteiger partial charge is 0.211 e. The quantitative estimate of drug-likeness (QED) is 0.870. The summed E-state index contributed by atoms with van der Waals surface area (Å²) in [6.07, 6.45) is 3.29. The standard InChI is InChI=1S/C15H25NO2S/c1-5-6-7-13-8-10-14(11-9-13)19(17,18)16-12-15(2,3)4/h8-11,16H,5-7,12H2,1-4H3. The van der Waals surface area contributed by atoms with Crippen LogP contribution >= 0.6 is 0 Å². The lowest BCUT2D eigenvalue weighted by atomic mass is 9.98. The van der Waals surface area contributed by atoms with E-state index in [9.17, 15) is 8.42 Å². The van der Waals surface area contributed by atoms with E-state index in [1.54, 1.807) is 12.1 Å². The van der Waals surface area contributed by atoms with Gasteiger partial charge in [0, 0.05) is 6.54 Å². The Morgan fingerprint density at radius 2 is 1.68 bits per heavy atom. The van der Waals surface area contributed by atoms with Gasteiger partial charge in [-0.2, -0.15) is 0 Å². The maximum Gasteiger partial charge on any atom is 0.240 e. The fourth-order valence-corrected chi connectivity index (χ4v) is 2.90. The maximum atomic E-state index is 12.1. The average Bonchev–Trinajstić information content (AvgIpc) is 2.34. The molecule has 4 heteroatoms. The number of unbranched alkanes of at least 4 members (excludes halogenated alkanes) is 1. The minimum atomic E-state index is -3.38. The molecule has 108 valence electrons. The van der Waals surface area contributed by atoms with Crippen LogP contribution in [0.4, 0.5) is 0 Å². The molecule has 1 rings (SSSR count). The van der Waals surface area contributed by atoms with Gasteiger partial charge in [0.1, 0.15) is 0 Å². The molecule has 0 bridgehead atoms. The van der Waals surface area contributed by atoms with Crippen LogP contribution in [0.2, 0.25) is 0 Å². The number of nitrogens with one attached hydrogen (secondary N) is 1. The molecule has 0 amide bonds. The van der Waals surface area contributed by atoms with Crippen LogP contribution in [0, 0.1) is 5.41 Å². The van der Waals surface area contributed by atoms with E-state index in [2.05, 4.69) is 11.6 Å². The fraction of sp³-hybridized carbons (Fsp3) is 0.600. The summed E-state index contributed by atoms with van der Waals surface area (Å²) in [5.41, 5.74) is 1.13. The van der Waals surface area contributed by atoms with Crippen molar-refractivity contribution in [1.29, 1.82) is 0 Å². The Morgan fingerprint density at radius 1 is 1.11 bits per heavy atom. The molecule has 1 aromatic carbocycles. The number of aryl methyl sites for hydroxylation is 1. The molecule has 1 N–H and O–H groups in total. The first-order chi connectivity index (χ1) is 8.74. The topological polar surface area (TPSA) is 46.2 Å². The van der Waals surface area contributed by atoms with Gasteiger partial charge in [0.25, 0.3) is 0 Å². The van der Waals surface area contributed by atoms with Gasteiger partial charge in [-0.1, -0.05) is 46.2 Å². The third kappa shape index (κ3) is 5.74. The molecule has 0 saturated carbocycles. The summed E-state index contributed by atoms with van der Waals surface area (Å²) in [6, 6.07) is 7.19. The Labute approximate surface area is 117 Å². The second kappa shape index (κ2) is 6.53. The molecule has 0 spiro atoms. The van der Waals surface area contributed by atoms with Crippen molar-refractivity contribution in [2.45, 2.75) is 51.9 Å². The number of benzene rings is 1. The van der Waals surface area contributed by atoms with Crippen LogP contribution in [0.3, 0.4) is 0 Å². The van der Waals surface area contributed by atoms with Crippen molar-refractivity contribution in [1.82, 2.24) is 4.72 Å². The van der Waals surface area contributed by atoms with Crippen molar-refractivity contribution in [3.63, 3.8) is 0 Å². The highest BCUT2D eigenvalue weighted by atomic mass is 32.2. The van der Waals surface area contributed by atoms with Crippen molar-refractivity contribution >= 4 is 10.0 Å². The lowest BCUT2D eigenvalue weighted by Gasteiger charge is -2.18. The lowest BCUT2D eigenvalue weighted by Crippen LogP contribution is -2.32. The van der Waals surface area contributed by atoms with E-state index in [1.807, 2.05) is 32.9 Å². The largest absolute Gasteiger partial charge is 0.240 e. The van der Waals surface area contributed by atoms with Gasteiger partial charge >= 0.3 is 0 Å². The summed E-state index contributed by atoms with van der Waals surface area (Å²) in [7, 11) is -3.38. The van der Waals surface area contributed by atoms with Crippen LogP contribution in [0.5, 0.6) is 0 Å². The maximum absolute atomic E-state index is 12.1. The zero-order valence-electron chi connectivity index (χ0n) is 12.4. The molecule has 1 aromatic rings. The minimum Gasteiger partial charge on any atom is -0.211 e. The highest BCUT2D eigenvalue weighted by molar-refractivity contribution is 7.89. The predicted octanol–water partition coefficient (Wildman–Crippen LogP) is 3.35. The molecule has 0 atom stereocenters. The Kier molecular flexibility index (Phi) is 5.56. The van der Waals surface area contributed by atoms with E-state index in [1.165, 1.54) is 5.56 Å². The Morgan fingerprint density at radius 3 is 2.16 bits per heavy atom. The van der Waals surface area contributed by atoms with Crippen LogP contribution < -0.4 is 4.72 Å². The number of hydrogen-bond acceptors (Lipinski definition) is 2. The van der Waals surface area contributed by atoms with Gasteiger partial charge in [-0.15, -0.1) is 0 Å². The second-order valence-corrected chi connectivity index (χ2v) is 7.90. The second-order valence-electron chi connectivity index (χ2n) is 6.13. The van der Waals surface area contributed by atoms with Crippen LogP contribution in [-0.2, 0) is 16.4 Å². The van der Waals surface area contributed by atoms with Gasteiger partial charge in [0.05, 0.1) is 4.90 Å². The normalized spacial score (nSPS) is 12.6. The Hall–Kier alpha value is -0.870. The Bertz CT molecular complexity index is 484. The van der Waals surface area contributed by atoms with Crippen LogP contribution in [0.1, 0.15) is 46.1 Å². The van der Waals surface area contributed by atoms with Crippen molar-refractivity contribution in [3.8, 4) is 0 Å². The number of hydrogen-bond donors (Lipinski definition) is 1. The average molecular weight is 283 g/mol. The molecule has 0 aromatic heterocycles. The molecular formula is C15H25NO2S. The van der Waals surface area contributed by atoms with Gasteiger partial charge in [-0.05, 0) is 36.0 Å². The third-order valence-corrected chi connectivity index (χ3v) is 4.26. The molecule has 0 fully saturated rings. The first kappa shape index (κ1) is 16.2. The summed E-state index contributed by atoms with van der Waals surface area (Å²) in [6.45, 7) is 8.60. The van der Waals surface area contributed by atoms with Gasteiger partial charge in [-0.3, -0.25) is 0 Å². The Balaban J connectivity index is 2.73. The lowest BCUT2D eigenvalue weighted by molar-refractivity contribution is 0.407. The molecule has 0 heterocycles. The SMILES string of the molecule is CCCCc1ccc(S(=O)(=O)NCC(C)(C)C)cc1. The molecule has 0 aliphatic rings. The predicted molar refractivity (Wildman–Crippen MR) is 79.7 cm³/mol. The van der Waals surface area contributed by atoms with Crippen LogP contribution in [0.15, 0.2) is 29.2 Å². The van der Waals surface area contributed by atoms with Crippen LogP contribution in [-0.4, -0.2) is 15.0 Å². The summed E-state index contributed by atoms with van der Waals surface area (Å²) in [4.78, 5) is 0.344. The van der Waals surface area contributed by atoms with Crippen molar-refractivity contribution in [2.24, 2.45) is 5.41 Å². The van der Waals surface area contributed by atoms with Gasteiger partial charge in [-0.25, -0.2) is 13.1 Å². The fourth-order valence-electron chi connectivity index (χ4n) is 1.61. The third-order valence-electron chi connectivity index (χ3n) is 2.85. The van der Waals surface area contributed by atoms with Gasteiger partial charge in [0.2, 0.25) is 10.0 Å². The highest BCUT2D eigenvalue weighted by Crippen LogP contribution is 2.15. The summed E-state index contributed by atoms with van der Waals surface area (Å²) < 4.78 is 26.8. The first-order valence-electron chi connectivity index (χ1n) is 6.83. The molecule has 19 heavy (non-hydrogen) atoms. The van der Waals surface area contributed by atoms with E-state index < -0.39 is 10.0 Å². The van der Waals surface area contributed by atoms with Crippen molar-refractivity contribution in [3.05, 3.63) is 29.8 Å². The summed E-state index contributed by atoms with van der Waals surface area (Å²) in [5.74, 6) is 0. The summed E-state index contributed by atoms with van der Waals surface area (Å²) in [5, 5.41) is 0. The van der Waals surface area contributed by atoms with E-state index in [0.717, 1.165) is 19.3 Å². The van der Waals surface area contributed by atoms with Gasteiger partial charge in [0.15, 0.2) is 0 Å². The van der Waals surface area contributed by atoms with E-state index in [4.69, 9.17) is 0 Å². The monoisotopic (exact) mass is 283 g/mol. The highest BCUT2D eigenvalue weighted by Gasteiger charge is 2.18. The minimum absolute atomic E-state index is 0.0614. The van der Waals surface area contributed by atoms with Gasteiger partial charge < -0.3 is 0 Å². The molecule has 0 saturated heterocycles. The van der Waals surface area contributed by atoms with Crippen molar-refractivity contribution < 1.29 is 8.42 Å². The van der Waals surface area contributed by atoms with E-state index in [0.29, 0.717) is 11.4 Å². The zero-order chi connectivity index (χ0) is 14.5. The molecule has 0 radical (unpaired) electrons. The number of rotatable bonds is 6. The molecule has 0 aliphatic heterocycles. The number of sulfonamides is 1. The molecule has 0 aliphatic carbocycles. The molecule has 3 nitrogen and oxygen atoms in total. The van der Waals surface area contributed by atoms with E-state index >= 15 is 0 Å². The summed E-state index contributed by atoms with van der Waals surface area (Å²) >= 11 is 0.